The van der Waals surface area contributed by atoms with Gasteiger partial charge in [-0.15, -0.1) is 0 Å². The summed E-state index contributed by atoms with van der Waals surface area (Å²) in [6, 6.07) is 5.94. The summed E-state index contributed by atoms with van der Waals surface area (Å²) in [4.78, 5) is 4.41. The molecule has 4 nitrogen and oxygen atoms in total. The number of rotatable bonds is 3. The molecule has 0 saturated heterocycles. The summed E-state index contributed by atoms with van der Waals surface area (Å²) in [5.74, 6) is 1.66. The summed E-state index contributed by atoms with van der Waals surface area (Å²) < 4.78 is 6.26. The minimum absolute atomic E-state index is 0.0916. The van der Waals surface area contributed by atoms with Gasteiger partial charge in [0.1, 0.15) is 0 Å². The van der Waals surface area contributed by atoms with Gasteiger partial charge in [0.15, 0.2) is 5.82 Å². The van der Waals surface area contributed by atoms with Crippen LogP contribution in [0.1, 0.15) is 30.3 Å². The monoisotopic (exact) mass is 307 g/mol. The number of halogens is 1. The zero-order chi connectivity index (χ0) is 12.7. The molecular formula is C13H14BrN3O. The lowest BCUT2D eigenvalue weighted by Crippen LogP contribution is -2.13. The van der Waals surface area contributed by atoms with Crippen LogP contribution in [0.2, 0.25) is 0 Å². The van der Waals surface area contributed by atoms with E-state index in [0.29, 0.717) is 17.6 Å². The second-order valence-corrected chi connectivity index (χ2v) is 5.66. The van der Waals surface area contributed by atoms with Gasteiger partial charge in [0.2, 0.25) is 0 Å². The molecule has 1 atom stereocenters. The molecule has 0 spiro atoms. The summed E-state index contributed by atoms with van der Waals surface area (Å²) in [5, 5.41) is 3.99. The van der Waals surface area contributed by atoms with Crippen molar-refractivity contribution in [1.82, 2.24) is 10.1 Å². The Labute approximate surface area is 114 Å². The van der Waals surface area contributed by atoms with Crippen LogP contribution in [0.5, 0.6) is 0 Å². The highest BCUT2D eigenvalue weighted by Crippen LogP contribution is 2.39. The van der Waals surface area contributed by atoms with E-state index in [0.717, 1.165) is 15.6 Å². The Kier molecular flexibility index (Phi) is 2.95. The number of nitrogens with two attached hydrogens (primary N) is 1. The summed E-state index contributed by atoms with van der Waals surface area (Å²) in [7, 11) is 0. The van der Waals surface area contributed by atoms with E-state index in [1.54, 1.807) is 0 Å². The number of aryl methyl sites for hydroxylation is 1. The van der Waals surface area contributed by atoms with Crippen molar-refractivity contribution in [2.24, 2.45) is 11.7 Å². The maximum Gasteiger partial charge on any atom is 0.259 e. The average Bonchev–Trinajstić information content (AvgIpc) is 3.09. The number of benzene rings is 1. The van der Waals surface area contributed by atoms with Gasteiger partial charge in [-0.1, -0.05) is 16.8 Å². The molecule has 2 aromatic rings. The van der Waals surface area contributed by atoms with Crippen molar-refractivity contribution in [2.75, 3.05) is 0 Å². The van der Waals surface area contributed by atoms with Gasteiger partial charge in [-0.2, -0.15) is 4.98 Å². The van der Waals surface area contributed by atoms with Crippen molar-refractivity contribution in [3.63, 3.8) is 0 Å². The fourth-order valence-corrected chi connectivity index (χ4v) is 2.37. The van der Waals surface area contributed by atoms with E-state index in [1.165, 1.54) is 12.8 Å². The standard InChI is InChI=1S/C13H14BrN3O/c1-7-2-5-10(14)9(6-7)13-16-12(17-18-13)11(15)8-3-4-8/h2,5-6,8,11H,3-4,15H2,1H3. The molecule has 1 aromatic heterocycles. The zero-order valence-electron chi connectivity index (χ0n) is 10.1. The molecule has 0 aliphatic heterocycles. The first kappa shape index (κ1) is 11.9. The first-order chi connectivity index (χ1) is 8.65. The van der Waals surface area contributed by atoms with Crippen LogP contribution in [0, 0.1) is 12.8 Å². The van der Waals surface area contributed by atoms with Crippen LogP contribution in [-0.4, -0.2) is 10.1 Å². The molecule has 1 aromatic carbocycles. The van der Waals surface area contributed by atoms with Gasteiger partial charge < -0.3 is 10.3 Å². The van der Waals surface area contributed by atoms with Crippen LogP contribution in [0.3, 0.4) is 0 Å². The first-order valence-corrected chi connectivity index (χ1v) is 6.80. The predicted molar refractivity (Wildman–Crippen MR) is 71.8 cm³/mol. The van der Waals surface area contributed by atoms with E-state index < -0.39 is 0 Å². The molecule has 0 amide bonds. The lowest BCUT2D eigenvalue weighted by molar-refractivity contribution is 0.411. The van der Waals surface area contributed by atoms with Crippen LogP contribution in [0.4, 0.5) is 0 Å². The fraction of sp³-hybridized carbons (Fsp3) is 0.385. The number of hydrogen-bond donors (Lipinski definition) is 1. The molecule has 1 heterocycles. The van der Waals surface area contributed by atoms with E-state index in [9.17, 15) is 0 Å². The third-order valence-corrected chi connectivity index (χ3v) is 3.91. The third kappa shape index (κ3) is 2.20. The van der Waals surface area contributed by atoms with Gasteiger partial charge in [-0.3, -0.25) is 0 Å². The molecule has 1 aliphatic rings. The highest BCUT2D eigenvalue weighted by molar-refractivity contribution is 9.10. The predicted octanol–water partition coefficient (Wildman–Crippen LogP) is 3.22. The zero-order valence-corrected chi connectivity index (χ0v) is 11.6. The highest BCUT2D eigenvalue weighted by atomic mass is 79.9. The van der Waals surface area contributed by atoms with Crippen molar-refractivity contribution in [1.29, 1.82) is 0 Å². The summed E-state index contributed by atoms with van der Waals surface area (Å²) >= 11 is 3.50. The molecule has 2 N–H and O–H groups in total. The van der Waals surface area contributed by atoms with Gasteiger partial charge in [-0.05, 0) is 53.7 Å². The Hall–Kier alpha value is -1.20. The van der Waals surface area contributed by atoms with Gasteiger partial charge in [0.25, 0.3) is 5.89 Å². The third-order valence-electron chi connectivity index (χ3n) is 3.22. The molecule has 5 heteroatoms. The average molecular weight is 308 g/mol. The van der Waals surface area contributed by atoms with Crippen LogP contribution in [0.25, 0.3) is 11.5 Å². The van der Waals surface area contributed by atoms with E-state index in [2.05, 4.69) is 26.1 Å². The fourth-order valence-electron chi connectivity index (χ4n) is 1.95. The van der Waals surface area contributed by atoms with Gasteiger partial charge >= 0.3 is 0 Å². The Morgan fingerprint density at radius 2 is 2.22 bits per heavy atom. The van der Waals surface area contributed by atoms with Crippen LogP contribution in [-0.2, 0) is 0 Å². The molecule has 0 bridgehead atoms. The topological polar surface area (TPSA) is 64.9 Å². The van der Waals surface area contributed by atoms with E-state index in [-0.39, 0.29) is 6.04 Å². The van der Waals surface area contributed by atoms with Crippen molar-refractivity contribution >= 4 is 15.9 Å². The molecule has 3 rings (SSSR count). The summed E-state index contributed by atoms with van der Waals surface area (Å²) in [6.07, 6.45) is 2.33. The second-order valence-electron chi connectivity index (χ2n) is 4.80. The van der Waals surface area contributed by atoms with Crippen molar-refractivity contribution < 1.29 is 4.52 Å². The van der Waals surface area contributed by atoms with Crippen molar-refractivity contribution in [3.8, 4) is 11.5 Å². The minimum Gasteiger partial charge on any atom is -0.334 e. The normalized spacial score (nSPS) is 16.8. The van der Waals surface area contributed by atoms with Gasteiger partial charge in [-0.25, -0.2) is 0 Å². The first-order valence-electron chi connectivity index (χ1n) is 6.01. The summed E-state index contributed by atoms with van der Waals surface area (Å²) in [5.41, 5.74) is 8.13. The van der Waals surface area contributed by atoms with Crippen LogP contribution >= 0.6 is 15.9 Å². The molecule has 1 unspecified atom stereocenters. The van der Waals surface area contributed by atoms with Crippen molar-refractivity contribution in [2.45, 2.75) is 25.8 Å². The van der Waals surface area contributed by atoms with E-state index in [4.69, 9.17) is 10.3 Å². The van der Waals surface area contributed by atoms with Gasteiger partial charge in [0.05, 0.1) is 11.6 Å². The lowest BCUT2D eigenvalue weighted by Gasteiger charge is -2.02. The molecule has 1 saturated carbocycles. The maximum atomic E-state index is 6.06. The molecule has 1 aliphatic carbocycles. The number of hydrogen-bond acceptors (Lipinski definition) is 4. The Morgan fingerprint density at radius 1 is 1.44 bits per heavy atom. The summed E-state index contributed by atoms with van der Waals surface area (Å²) in [6.45, 7) is 2.03. The Balaban J connectivity index is 1.94. The Bertz CT molecular complexity index is 577. The second kappa shape index (κ2) is 4.48. The van der Waals surface area contributed by atoms with Gasteiger partial charge in [0, 0.05) is 4.47 Å². The quantitative estimate of drug-likeness (QED) is 0.945. The largest absolute Gasteiger partial charge is 0.334 e. The van der Waals surface area contributed by atoms with Crippen molar-refractivity contribution in [3.05, 3.63) is 34.1 Å². The van der Waals surface area contributed by atoms with Crippen LogP contribution < -0.4 is 5.73 Å². The van der Waals surface area contributed by atoms with E-state index >= 15 is 0 Å². The highest BCUT2D eigenvalue weighted by Gasteiger charge is 2.32. The van der Waals surface area contributed by atoms with E-state index in [1.807, 2.05) is 25.1 Å². The minimum atomic E-state index is -0.0916. The lowest BCUT2D eigenvalue weighted by atomic mass is 10.1. The maximum absolute atomic E-state index is 6.06. The molecule has 1 fully saturated rings. The molecule has 0 radical (unpaired) electrons. The SMILES string of the molecule is Cc1ccc(Br)c(-c2nc(C(N)C3CC3)no2)c1. The molecule has 18 heavy (non-hydrogen) atoms. The smallest absolute Gasteiger partial charge is 0.259 e. The number of nitrogens with zero attached hydrogens (tertiary/aromatic N) is 2. The van der Waals surface area contributed by atoms with Crippen LogP contribution in [0.15, 0.2) is 27.2 Å². The molecule has 94 valence electrons. The Morgan fingerprint density at radius 3 is 2.94 bits per heavy atom. The number of aromatic nitrogens is 2. The molecular weight excluding hydrogens is 294 g/mol.